The van der Waals surface area contributed by atoms with Gasteiger partial charge in [0.1, 0.15) is 18.7 Å². The molecule has 2 heterocycles. The first-order chi connectivity index (χ1) is 19.9. The first kappa shape index (κ1) is 35.3. The number of likely N-dealkylation sites (tertiary alicyclic amines) is 1. The Labute approximate surface area is 243 Å². The summed E-state index contributed by atoms with van der Waals surface area (Å²) in [5.41, 5.74) is -0.679. The molecule has 0 bridgehead atoms. The van der Waals surface area contributed by atoms with E-state index in [2.05, 4.69) is 20.1 Å². The zero-order valence-electron chi connectivity index (χ0n) is 23.3. The lowest BCUT2D eigenvalue weighted by Gasteiger charge is -2.35. The maximum absolute atomic E-state index is 13.6. The fraction of sp³-hybridized carbons (Fsp3) is 0.792. The average Bonchev–Trinajstić information content (AvgIpc) is 3.21. The Hall–Kier alpha value is -3.16. The van der Waals surface area contributed by atoms with Crippen molar-refractivity contribution in [2.75, 3.05) is 19.7 Å². The highest BCUT2D eigenvalue weighted by Gasteiger charge is 2.70. The third kappa shape index (κ3) is 8.30. The third-order valence-corrected chi connectivity index (χ3v) is 8.13. The second kappa shape index (κ2) is 12.3. The second-order valence-corrected chi connectivity index (χ2v) is 11.4. The number of nitrogens with zero attached hydrogens (tertiary/aromatic N) is 1. The van der Waals surface area contributed by atoms with Crippen LogP contribution in [0.5, 0.6) is 0 Å². The maximum atomic E-state index is 13.6. The summed E-state index contributed by atoms with van der Waals surface area (Å²) in [7, 11) is 0. The molecule has 0 aromatic rings. The molecule has 2 unspecified atom stereocenters. The number of halogens is 9. The molecule has 0 radical (unpaired) electrons. The number of ether oxygens (including phenoxy) is 2. The molecule has 20 heteroatoms. The van der Waals surface area contributed by atoms with Crippen molar-refractivity contribution in [3.8, 4) is 0 Å². The lowest BCUT2D eigenvalue weighted by atomic mass is 9.94. The van der Waals surface area contributed by atoms with Crippen molar-refractivity contribution in [1.82, 2.24) is 20.9 Å². The third-order valence-electron chi connectivity index (χ3n) is 8.13. The molecule has 3 aliphatic rings. The average molecular weight is 656 g/mol. The highest BCUT2D eigenvalue weighted by molar-refractivity contribution is 5.97. The van der Waals surface area contributed by atoms with Gasteiger partial charge in [-0.05, 0) is 37.0 Å². The van der Waals surface area contributed by atoms with E-state index in [0.29, 0.717) is 11.8 Å². The van der Waals surface area contributed by atoms with Gasteiger partial charge in [-0.1, -0.05) is 13.8 Å². The molecule has 3 fully saturated rings. The number of ketones is 1. The number of hydrogen-bond acceptors (Lipinski definition) is 7. The molecule has 4 amide bonds. The van der Waals surface area contributed by atoms with Gasteiger partial charge in [-0.2, -0.15) is 13.2 Å². The Morgan fingerprint density at radius 1 is 1.02 bits per heavy atom. The molecule has 0 aromatic carbocycles. The van der Waals surface area contributed by atoms with Crippen LogP contribution >= 0.6 is 0 Å². The van der Waals surface area contributed by atoms with Gasteiger partial charge in [0, 0.05) is 19.0 Å². The minimum Gasteiger partial charge on any atom is -0.356 e. The van der Waals surface area contributed by atoms with E-state index in [0.717, 1.165) is 0 Å². The number of nitrogens with one attached hydrogen (secondary N) is 3. The number of carbonyl (C=O) groups excluding carboxylic acids is 5. The molecule has 0 aromatic heterocycles. The lowest BCUT2D eigenvalue weighted by Crippen LogP contribution is -2.61. The Morgan fingerprint density at radius 3 is 2.14 bits per heavy atom. The number of carbonyl (C=O) groups is 5. The lowest BCUT2D eigenvalue weighted by molar-refractivity contribution is -0.342. The predicted octanol–water partition coefficient (Wildman–Crippen LogP) is 1.56. The number of hydrogen-bond donors (Lipinski definition) is 3. The minimum atomic E-state index is -5.61. The van der Waals surface area contributed by atoms with Crippen molar-refractivity contribution in [1.29, 1.82) is 0 Å². The fourth-order valence-corrected chi connectivity index (χ4v) is 5.81. The highest BCUT2D eigenvalue weighted by atomic mass is 19.4. The van der Waals surface area contributed by atoms with E-state index in [1.807, 2.05) is 0 Å². The van der Waals surface area contributed by atoms with E-state index < -0.39 is 109 Å². The van der Waals surface area contributed by atoms with Gasteiger partial charge in [0.15, 0.2) is 5.78 Å². The highest BCUT2D eigenvalue weighted by Crippen LogP contribution is 2.65. The molecular formula is C24H29F9N4O7. The molecule has 1 saturated carbocycles. The van der Waals surface area contributed by atoms with Crippen LogP contribution in [0.2, 0.25) is 0 Å². The topological polar surface area (TPSA) is 143 Å². The number of Topliss-reactive ketones (excluding diaryl/α,β-unsaturated/α-hetero) is 1. The first-order valence-electron chi connectivity index (χ1n) is 13.2. The van der Waals surface area contributed by atoms with Crippen LogP contribution in [0.4, 0.5) is 39.5 Å². The van der Waals surface area contributed by atoms with E-state index in [1.165, 1.54) is 5.32 Å². The van der Waals surface area contributed by atoms with Crippen LogP contribution in [0.3, 0.4) is 0 Å². The van der Waals surface area contributed by atoms with Crippen molar-refractivity contribution in [3.05, 3.63) is 0 Å². The van der Waals surface area contributed by atoms with E-state index in [4.69, 9.17) is 0 Å². The number of amides is 4. The molecule has 11 nitrogen and oxygen atoms in total. The van der Waals surface area contributed by atoms with Crippen molar-refractivity contribution in [3.63, 3.8) is 0 Å². The van der Waals surface area contributed by atoms with E-state index >= 15 is 0 Å². The van der Waals surface area contributed by atoms with Crippen LogP contribution in [0.1, 0.15) is 33.6 Å². The van der Waals surface area contributed by atoms with Crippen molar-refractivity contribution < 1.29 is 73.0 Å². The fourth-order valence-electron chi connectivity index (χ4n) is 5.81. The molecule has 2 aliphatic heterocycles. The molecule has 0 spiro atoms. The Morgan fingerprint density at radius 2 is 1.64 bits per heavy atom. The monoisotopic (exact) mass is 656 g/mol. The van der Waals surface area contributed by atoms with Gasteiger partial charge in [-0.25, -0.2) is 0 Å². The smallest absolute Gasteiger partial charge is 0.356 e. The summed E-state index contributed by atoms with van der Waals surface area (Å²) in [6.45, 7) is 2.17. The SMILES string of the molecule is C[C@@H](OC(F)(F)F)[C@H](NC(=O)C(F)(F)F)C(=O)N1CC2C([C@H]1C(=O)N[C@@H](C[C@@H]1CCNC1=O)C(=O)COC(F)(F)F)C2(C)C. The molecule has 3 rings (SSSR count). The largest absolute Gasteiger partial charge is 0.522 e. The van der Waals surface area contributed by atoms with Gasteiger partial charge in [0.05, 0.1) is 12.1 Å². The summed E-state index contributed by atoms with van der Waals surface area (Å²) in [6, 6.07) is -5.95. The Bertz CT molecular complexity index is 1160. The number of fused-ring (bicyclic) bond motifs is 1. The molecular weight excluding hydrogens is 627 g/mol. The summed E-state index contributed by atoms with van der Waals surface area (Å²) in [4.78, 5) is 64.0. The van der Waals surface area contributed by atoms with E-state index in [1.54, 1.807) is 13.8 Å². The van der Waals surface area contributed by atoms with E-state index in [9.17, 15) is 63.5 Å². The van der Waals surface area contributed by atoms with Crippen LogP contribution in [-0.2, 0) is 33.4 Å². The van der Waals surface area contributed by atoms with E-state index in [-0.39, 0.29) is 19.5 Å². The second-order valence-electron chi connectivity index (χ2n) is 11.4. The first-order valence-corrected chi connectivity index (χ1v) is 13.2. The van der Waals surface area contributed by atoms with Gasteiger partial charge < -0.3 is 20.9 Å². The van der Waals surface area contributed by atoms with Crippen molar-refractivity contribution >= 4 is 29.4 Å². The quantitative estimate of drug-likeness (QED) is 0.287. The summed E-state index contributed by atoms with van der Waals surface area (Å²) in [6.07, 6.45) is -19.0. The summed E-state index contributed by atoms with van der Waals surface area (Å²) >= 11 is 0. The van der Waals surface area contributed by atoms with Crippen LogP contribution in [0.15, 0.2) is 0 Å². The van der Waals surface area contributed by atoms with Gasteiger partial charge in [-0.15, -0.1) is 26.3 Å². The van der Waals surface area contributed by atoms with Crippen molar-refractivity contribution in [2.24, 2.45) is 23.2 Å². The van der Waals surface area contributed by atoms with Crippen molar-refractivity contribution in [2.45, 2.75) is 76.7 Å². The molecule has 2 saturated heterocycles. The van der Waals surface area contributed by atoms with Crippen LogP contribution in [0, 0.1) is 23.2 Å². The predicted molar refractivity (Wildman–Crippen MR) is 126 cm³/mol. The summed E-state index contributed by atoms with van der Waals surface area (Å²) in [5, 5.41) is 5.84. The van der Waals surface area contributed by atoms with Crippen LogP contribution < -0.4 is 16.0 Å². The summed E-state index contributed by atoms with van der Waals surface area (Å²) in [5.74, 6) is -9.43. The minimum absolute atomic E-state index is 0.169. The standard InChI is InChI=1S/C24H29F9N4O7/c1-9(44-24(31,32)33)15(36-20(42)22(25,26)27)19(41)37-7-11-14(21(11,2)3)16(37)18(40)35-12(6-10-4-5-34-17(10)39)13(38)8-43-23(28,29)30/h9-12,14-16H,4-8H2,1-3H3,(H,34,39)(H,35,40)(H,36,42)/t9-,10+,11?,12+,14?,15+,16+/m1/s1. The molecule has 44 heavy (non-hydrogen) atoms. The summed E-state index contributed by atoms with van der Waals surface area (Å²) < 4.78 is 123. The Kier molecular flexibility index (Phi) is 9.89. The van der Waals surface area contributed by atoms with Gasteiger partial charge in [0.2, 0.25) is 17.7 Å². The van der Waals surface area contributed by atoms with Crippen LogP contribution in [0.25, 0.3) is 0 Å². The van der Waals surface area contributed by atoms with Gasteiger partial charge in [-0.3, -0.25) is 33.4 Å². The molecule has 250 valence electrons. The van der Waals surface area contributed by atoms with Gasteiger partial charge >= 0.3 is 24.8 Å². The zero-order valence-corrected chi connectivity index (χ0v) is 23.3. The van der Waals surface area contributed by atoms with Crippen LogP contribution in [-0.4, -0.2) is 97.1 Å². The number of alkyl halides is 9. The Balaban J connectivity index is 1.90. The number of rotatable bonds is 11. The maximum Gasteiger partial charge on any atom is 0.522 e. The van der Waals surface area contributed by atoms with Gasteiger partial charge in [0.25, 0.3) is 0 Å². The molecule has 1 aliphatic carbocycles. The zero-order chi connectivity index (χ0) is 33.6. The normalized spacial score (nSPS) is 26.7. The number of piperidine rings is 1. The molecule has 3 N–H and O–H groups in total. The molecule has 7 atom stereocenters.